The van der Waals surface area contributed by atoms with Gasteiger partial charge in [0.15, 0.2) is 0 Å². The molecule has 5 heteroatoms. The van der Waals surface area contributed by atoms with Gasteiger partial charge in [-0.25, -0.2) is 9.59 Å². The summed E-state index contributed by atoms with van der Waals surface area (Å²) in [5.74, 6) is -0.472. The van der Waals surface area contributed by atoms with Crippen molar-refractivity contribution in [3.63, 3.8) is 0 Å². The van der Waals surface area contributed by atoms with Crippen LogP contribution in [0.25, 0.3) is 0 Å². The van der Waals surface area contributed by atoms with E-state index in [0.29, 0.717) is 13.1 Å². The Labute approximate surface area is 179 Å². The van der Waals surface area contributed by atoms with Crippen molar-refractivity contribution in [2.45, 2.75) is 110 Å². The Morgan fingerprint density at radius 2 is 1.10 bits per heavy atom. The molecule has 0 aromatic heterocycles. The number of rotatable bonds is 21. The molecule has 0 aliphatic heterocycles. The highest BCUT2D eigenvalue weighted by Gasteiger charge is 2.00. The average molecular weight is 411 g/mol. The molecule has 0 bridgehead atoms. The Kier molecular flexibility index (Phi) is 21.6. The molecule has 5 nitrogen and oxygen atoms in total. The Balaban J connectivity index is 3.15. The quantitative estimate of drug-likeness (QED) is 0.133. The maximum atomic E-state index is 11.5. The predicted molar refractivity (Wildman–Crippen MR) is 122 cm³/mol. The molecule has 2 N–H and O–H groups in total. The second-order valence-corrected chi connectivity index (χ2v) is 7.86. The predicted octanol–water partition coefficient (Wildman–Crippen LogP) is 6.28. The van der Waals surface area contributed by atoms with E-state index in [1.54, 1.807) is 0 Å². The van der Waals surface area contributed by atoms with Gasteiger partial charge in [-0.05, 0) is 6.42 Å². The summed E-state index contributed by atoms with van der Waals surface area (Å²) in [6, 6.07) is -0.208. The number of carbonyl (C=O) groups excluding carboxylic acids is 2. The van der Waals surface area contributed by atoms with E-state index in [9.17, 15) is 9.59 Å². The maximum absolute atomic E-state index is 11.5. The fourth-order valence-electron chi connectivity index (χ4n) is 3.31. The zero-order chi connectivity index (χ0) is 21.4. The van der Waals surface area contributed by atoms with Gasteiger partial charge in [-0.1, -0.05) is 110 Å². The monoisotopic (exact) mass is 410 g/mol. The first kappa shape index (κ1) is 27.5. The van der Waals surface area contributed by atoms with E-state index >= 15 is 0 Å². The fraction of sp³-hybridized carbons (Fsp3) is 0.833. The van der Waals surface area contributed by atoms with E-state index in [1.165, 1.54) is 89.9 Å². The molecule has 0 heterocycles. The zero-order valence-electron chi connectivity index (χ0n) is 18.9. The molecule has 170 valence electrons. The average Bonchev–Trinajstić information content (AvgIpc) is 2.73. The molecule has 0 unspecified atom stereocenters. The normalized spacial score (nSPS) is 10.5. The summed E-state index contributed by atoms with van der Waals surface area (Å²) in [6.45, 7) is 6.75. The Bertz CT molecular complexity index is 400. The molecule has 2 amide bonds. The third-order valence-electron chi connectivity index (χ3n) is 5.11. The Hall–Kier alpha value is -1.52. The molecule has 0 saturated carbocycles. The van der Waals surface area contributed by atoms with E-state index in [-0.39, 0.29) is 12.6 Å². The topological polar surface area (TPSA) is 67.4 Å². The molecule has 0 spiro atoms. The van der Waals surface area contributed by atoms with Crippen LogP contribution in [0.3, 0.4) is 0 Å². The molecule has 0 aromatic rings. The van der Waals surface area contributed by atoms with Gasteiger partial charge in [0.2, 0.25) is 0 Å². The van der Waals surface area contributed by atoms with Crippen LogP contribution < -0.4 is 10.6 Å². The summed E-state index contributed by atoms with van der Waals surface area (Å²) in [5, 5.41) is 5.48. The third-order valence-corrected chi connectivity index (χ3v) is 5.11. The van der Waals surface area contributed by atoms with Gasteiger partial charge in [-0.3, -0.25) is 0 Å². The number of ether oxygens (including phenoxy) is 1. The van der Waals surface area contributed by atoms with Gasteiger partial charge < -0.3 is 15.4 Å². The number of unbranched alkanes of at least 4 members (excludes halogenated alkanes) is 15. The number of urea groups is 1. The van der Waals surface area contributed by atoms with Crippen LogP contribution in [-0.4, -0.2) is 31.7 Å². The van der Waals surface area contributed by atoms with Gasteiger partial charge >= 0.3 is 12.0 Å². The first-order valence-electron chi connectivity index (χ1n) is 12.0. The highest BCUT2D eigenvalue weighted by molar-refractivity contribution is 5.81. The van der Waals surface area contributed by atoms with Gasteiger partial charge in [0, 0.05) is 12.6 Å². The summed E-state index contributed by atoms with van der Waals surface area (Å²) >= 11 is 0. The summed E-state index contributed by atoms with van der Waals surface area (Å²) in [6.07, 6.45) is 22.6. The summed E-state index contributed by atoms with van der Waals surface area (Å²) in [7, 11) is 0. The van der Waals surface area contributed by atoms with E-state index in [2.05, 4.69) is 24.1 Å². The lowest BCUT2D eigenvalue weighted by atomic mass is 10.0. The molecule has 0 atom stereocenters. The van der Waals surface area contributed by atoms with Crippen molar-refractivity contribution < 1.29 is 14.3 Å². The molecular weight excluding hydrogens is 364 g/mol. The number of hydrogen-bond donors (Lipinski definition) is 2. The summed E-state index contributed by atoms with van der Waals surface area (Å²) in [5.41, 5.74) is 0. The van der Waals surface area contributed by atoms with Crippen LogP contribution in [0.4, 0.5) is 4.79 Å². The molecule has 0 rings (SSSR count). The first-order chi connectivity index (χ1) is 14.2. The van der Waals surface area contributed by atoms with Crippen molar-refractivity contribution in [2.24, 2.45) is 0 Å². The van der Waals surface area contributed by atoms with Crippen molar-refractivity contribution in [2.75, 3.05) is 19.7 Å². The van der Waals surface area contributed by atoms with Gasteiger partial charge in [0.25, 0.3) is 0 Å². The van der Waals surface area contributed by atoms with Crippen molar-refractivity contribution in [3.8, 4) is 0 Å². The maximum Gasteiger partial charge on any atom is 0.330 e. The van der Waals surface area contributed by atoms with Crippen LogP contribution in [0, 0.1) is 0 Å². The standard InChI is InChI=1S/C24H46N2O3/c1-3-5-6-7-8-9-10-11-12-13-14-15-16-17-18-19-20-25-24(28)26-21-22-29-23(27)4-2/h4H,2-3,5-22H2,1H3,(H2,25,26,28). The number of amides is 2. The molecule has 0 fully saturated rings. The SMILES string of the molecule is C=CC(=O)OCCNC(=O)NCCCCCCCCCCCCCCCCCC. The number of carbonyl (C=O) groups is 2. The summed E-state index contributed by atoms with van der Waals surface area (Å²) in [4.78, 5) is 22.4. The fourth-order valence-corrected chi connectivity index (χ4v) is 3.31. The van der Waals surface area contributed by atoms with E-state index in [4.69, 9.17) is 4.74 Å². The lowest BCUT2D eigenvalue weighted by Gasteiger charge is -2.07. The number of hydrogen-bond acceptors (Lipinski definition) is 3. The molecule has 0 aliphatic rings. The second kappa shape index (κ2) is 22.8. The van der Waals surface area contributed by atoms with Crippen LogP contribution in [0.1, 0.15) is 110 Å². The third kappa shape index (κ3) is 22.6. The van der Waals surface area contributed by atoms with Crippen molar-refractivity contribution in [3.05, 3.63) is 12.7 Å². The number of nitrogens with one attached hydrogen (secondary N) is 2. The van der Waals surface area contributed by atoms with Crippen LogP contribution in [0.15, 0.2) is 12.7 Å². The van der Waals surface area contributed by atoms with Gasteiger partial charge in [0.1, 0.15) is 6.61 Å². The molecule has 0 aromatic carbocycles. The second-order valence-electron chi connectivity index (χ2n) is 7.86. The minimum atomic E-state index is -0.472. The Morgan fingerprint density at radius 3 is 1.55 bits per heavy atom. The van der Waals surface area contributed by atoms with Gasteiger partial charge in [0.05, 0.1) is 6.54 Å². The van der Waals surface area contributed by atoms with Crippen LogP contribution in [-0.2, 0) is 9.53 Å². The minimum Gasteiger partial charge on any atom is -0.461 e. The van der Waals surface area contributed by atoms with Crippen LogP contribution >= 0.6 is 0 Å². The van der Waals surface area contributed by atoms with Crippen molar-refractivity contribution in [1.29, 1.82) is 0 Å². The first-order valence-corrected chi connectivity index (χ1v) is 12.0. The molecule has 0 aliphatic carbocycles. The van der Waals surface area contributed by atoms with Crippen LogP contribution in [0.5, 0.6) is 0 Å². The molecule has 0 radical (unpaired) electrons. The van der Waals surface area contributed by atoms with Crippen molar-refractivity contribution >= 4 is 12.0 Å². The van der Waals surface area contributed by atoms with E-state index in [0.717, 1.165) is 18.9 Å². The van der Waals surface area contributed by atoms with Gasteiger partial charge in [-0.2, -0.15) is 0 Å². The van der Waals surface area contributed by atoms with Crippen molar-refractivity contribution in [1.82, 2.24) is 10.6 Å². The lowest BCUT2D eigenvalue weighted by molar-refractivity contribution is -0.137. The largest absolute Gasteiger partial charge is 0.461 e. The highest BCUT2D eigenvalue weighted by atomic mass is 16.5. The molecular formula is C24H46N2O3. The molecule has 29 heavy (non-hydrogen) atoms. The molecule has 0 saturated heterocycles. The smallest absolute Gasteiger partial charge is 0.330 e. The lowest BCUT2D eigenvalue weighted by Crippen LogP contribution is -2.37. The minimum absolute atomic E-state index is 0.164. The van der Waals surface area contributed by atoms with E-state index in [1.807, 2.05) is 0 Å². The number of esters is 1. The van der Waals surface area contributed by atoms with Crippen LogP contribution in [0.2, 0.25) is 0 Å². The Morgan fingerprint density at radius 1 is 0.690 bits per heavy atom. The highest BCUT2D eigenvalue weighted by Crippen LogP contribution is 2.13. The zero-order valence-corrected chi connectivity index (χ0v) is 18.9. The van der Waals surface area contributed by atoms with Gasteiger partial charge in [-0.15, -0.1) is 0 Å². The summed E-state index contributed by atoms with van der Waals surface area (Å²) < 4.78 is 4.78. The van der Waals surface area contributed by atoms with E-state index < -0.39 is 5.97 Å².